The molecule has 0 atom stereocenters. The van der Waals surface area contributed by atoms with Gasteiger partial charge in [0.1, 0.15) is 11.5 Å². The number of carbonyl (C=O) groups is 1. The van der Waals surface area contributed by atoms with Crippen molar-refractivity contribution in [2.75, 3.05) is 17.6 Å². The van der Waals surface area contributed by atoms with Crippen molar-refractivity contribution in [3.63, 3.8) is 0 Å². The molecular formula is C10H17N5O3. The van der Waals surface area contributed by atoms with Crippen LogP contribution in [0, 0.1) is 5.92 Å². The second-order valence-electron chi connectivity index (χ2n) is 4.34. The summed E-state index contributed by atoms with van der Waals surface area (Å²) in [4.78, 5) is 35.9. The molecule has 0 saturated carbocycles. The standard InChI is InChI=1S/C10H17N5O3/c1-5(2)4-15-8(12)7(13-3-6(11)16)9(17)14-10(15)18/h5,13H,3-4,12H2,1-2H3,(H2,11,16)(H,14,17,18). The number of hydrogen-bond acceptors (Lipinski definition) is 5. The molecule has 0 bridgehead atoms. The second kappa shape index (κ2) is 5.39. The van der Waals surface area contributed by atoms with E-state index in [4.69, 9.17) is 11.5 Å². The maximum Gasteiger partial charge on any atom is 0.330 e. The summed E-state index contributed by atoms with van der Waals surface area (Å²) >= 11 is 0. The highest BCUT2D eigenvalue weighted by molar-refractivity contribution is 5.79. The van der Waals surface area contributed by atoms with Gasteiger partial charge in [0.15, 0.2) is 0 Å². The largest absolute Gasteiger partial charge is 0.383 e. The third kappa shape index (κ3) is 3.12. The smallest absolute Gasteiger partial charge is 0.330 e. The van der Waals surface area contributed by atoms with Crippen LogP contribution in [-0.4, -0.2) is 22.0 Å². The summed E-state index contributed by atoms with van der Waals surface area (Å²) in [6.45, 7) is 3.96. The number of nitrogen functional groups attached to an aromatic ring is 1. The number of aromatic amines is 1. The molecule has 0 fully saturated rings. The van der Waals surface area contributed by atoms with Crippen molar-refractivity contribution in [2.24, 2.45) is 11.7 Å². The van der Waals surface area contributed by atoms with Crippen LogP contribution in [0.1, 0.15) is 13.8 Å². The van der Waals surface area contributed by atoms with Crippen LogP contribution in [0.15, 0.2) is 9.59 Å². The predicted molar refractivity (Wildman–Crippen MR) is 68.3 cm³/mol. The van der Waals surface area contributed by atoms with Gasteiger partial charge in [-0.3, -0.25) is 19.1 Å². The first-order valence-electron chi connectivity index (χ1n) is 5.47. The summed E-state index contributed by atoms with van der Waals surface area (Å²) in [6.07, 6.45) is 0. The first-order valence-corrected chi connectivity index (χ1v) is 5.47. The molecule has 1 aromatic rings. The zero-order chi connectivity index (χ0) is 13.9. The number of amides is 1. The number of carbonyl (C=O) groups excluding carboxylic acids is 1. The molecule has 1 heterocycles. The third-order valence-electron chi connectivity index (χ3n) is 2.23. The molecule has 0 aliphatic rings. The first kappa shape index (κ1) is 13.8. The molecular weight excluding hydrogens is 238 g/mol. The van der Waals surface area contributed by atoms with Gasteiger partial charge < -0.3 is 16.8 Å². The average Bonchev–Trinajstić information content (AvgIpc) is 2.23. The molecule has 1 amide bonds. The monoisotopic (exact) mass is 255 g/mol. The van der Waals surface area contributed by atoms with E-state index < -0.39 is 17.2 Å². The lowest BCUT2D eigenvalue weighted by Gasteiger charge is -2.14. The van der Waals surface area contributed by atoms with Gasteiger partial charge in [0.25, 0.3) is 5.56 Å². The Labute approximate surface area is 103 Å². The Morgan fingerprint density at radius 1 is 1.44 bits per heavy atom. The number of rotatable bonds is 5. The summed E-state index contributed by atoms with van der Waals surface area (Å²) in [5.74, 6) is -0.450. The topological polar surface area (TPSA) is 136 Å². The van der Waals surface area contributed by atoms with Gasteiger partial charge in [-0.05, 0) is 5.92 Å². The molecule has 8 heteroatoms. The van der Waals surface area contributed by atoms with E-state index in [1.165, 1.54) is 4.57 Å². The number of hydrogen-bond donors (Lipinski definition) is 4. The van der Waals surface area contributed by atoms with E-state index in [1.807, 2.05) is 13.8 Å². The van der Waals surface area contributed by atoms with Crippen molar-refractivity contribution in [1.82, 2.24) is 9.55 Å². The predicted octanol–water partition coefficient (Wildman–Crippen LogP) is -1.33. The van der Waals surface area contributed by atoms with Crippen LogP contribution in [0.3, 0.4) is 0 Å². The van der Waals surface area contributed by atoms with E-state index in [9.17, 15) is 14.4 Å². The lowest BCUT2D eigenvalue weighted by molar-refractivity contribution is -0.116. The Hall–Kier alpha value is -2.25. The molecule has 1 aromatic heterocycles. The van der Waals surface area contributed by atoms with Crippen LogP contribution >= 0.6 is 0 Å². The number of aromatic nitrogens is 2. The van der Waals surface area contributed by atoms with Crippen molar-refractivity contribution < 1.29 is 4.79 Å². The Balaban J connectivity index is 3.22. The highest BCUT2D eigenvalue weighted by Crippen LogP contribution is 2.11. The molecule has 8 nitrogen and oxygen atoms in total. The van der Waals surface area contributed by atoms with Gasteiger partial charge in [-0.15, -0.1) is 0 Å². The van der Waals surface area contributed by atoms with Crippen molar-refractivity contribution >= 4 is 17.4 Å². The zero-order valence-corrected chi connectivity index (χ0v) is 10.3. The number of nitrogens with one attached hydrogen (secondary N) is 2. The van der Waals surface area contributed by atoms with E-state index in [1.54, 1.807) is 0 Å². The minimum atomic E-state index is -0.668. The molecule has 0 unspecified atom stereocenters. The van der Waals surface area contributed by atoms with Gasteiger partial charge in [0, 0.05) is 6.54 Å². The van der Waals surface area contributed by atoms with Crippen LogP contribution in [0.25, 0.3) is 0 Å². The van der Waals surface area contributed by atoms with E-state index in [-0.39, 0.29) is 24.0 Å². The van der Waals surface area contributed by atoms with Crippen molar-refractivity contribution in [3.05, 3.63) is 20.8 Å². The van der Waals surface area contributed by atoms with Gasteiger partial charge in [-0.25, -0.2) is 4.79 Å². The maximum atomic E-state index is 11.6. The molecule has 0 spiro atoms. The molecule has 0 aliphatic heterocycles. The number of primary amides is 1. The third-order valence-corrected chi connectivity index (χ3v) is 2.23. The van der Waals surface area contributed by atoms with Crippen molar-refractivity contribution in [3.8, 4) is 0 Å². The fourth-order valence-corrected chi connectivity index (χ4v) is 1.48. The van der Waals surface area contributed by atoms with Crippen LogP contribution in [-0.2, 0) is 11.3 Å². The Kier molecular flexibility index (Phi) is 4.13. The quantitative estimate of drug-likeness (QED) is 0.517. The first-order chi connectivity index (χ1) is 8.32. The summed E-state index contributed by atoms with van der Waals surface area (Å²) in [5, 5.41) is 2.52. The summed E-state index contributed by atoms with van der Waals surface area (Å²) in [5.41, 5.74) is 9.45. The van der Waals surface area contributed by atoms with Crippen LogP contribution < -0.4 is 28.0 Å². The fourth-order valence-electron chi connectivity index (χ4n) is 1.48. The summed E-state index contributed by atoms with van der Waals surface area (Å²) in [7, 11) is 0. The fraction of sp³-hybridized carbons (Fsp3) is 0.500. The van der Waals surface area contributed by atoms with Gasteiger partial charge >= 0.3 is 5.69 Å². The lowest BCUT2D eigenvalue weighted by Crippen LogP contribution is -2.36. The minimum Gasteiger partial charge on any atom is -0.383 e. The molecule has 18 heavy (non-hydrogen) atoms. The van der Waals surface area contributed by atoms with Gasteiger partial charge in [0.2, 0.25) is 5.91 Å². The Morgan fingerprint density at radius 2 is 2.06 bits per heavy atom. The second-order valence-corrected chi connectivity index (χ2v) is 4.34. The van der Waals surface area contributed by atoms with Crippen LogP contribution in [0.4, 0.5) is 11.5 Å². The molecule has 0 aromatic carbocycles. The number of H-pyrrole nitrogens is 1. The van der Waals surface area contributed by atoms with E-state index >= 15 is 0 Å². The van der Waals surface area contributed by atoms with Gasteiger partial charge in [-0.2, -0.15) is 0 Å². The van der Waals surface area contributed by atoms with Crippen molar-refractivity contribution in [1.29, 1.82) is 0 Å². The van der Waals surface area contributed by atoms with E-state index in [2.05, 4.69) is 10.3 Å². The van der Waals surface area contributed by atoms with Gasteiger partial charge in [0.05, 0.1) is 6.54 Å². The molecule has 6 N–H and O–H groups in total. The van der Waals surface area contributed by atoms with Crippen LogP contribution in [0.5, 0.6) is 0 Å². The highest BCUT2D eigenvalue weighted by Gasteiger charge is 2.13. The summed E-state index contributed by atoms with van der Waals surface area (Å²) in [6, 6.07) is 0. The molecule has 0 aliphatic carbocycles. The SMILES string of the molecule is CC(C)Cn1c(N)c(NCC(N)=O)c(=O)[nH]c1=O. The lowest BCUT2D eigenvalue weighted by atomic mass is 10.2. The maximum absolute atomic E-state index is 11.6. The minimum absolute atomic E-state index is 0.00120. The van der Waals surface area contributed by atoms with Gasteiger partial charge in [-0.1, -0.05) is 13.8 Å². The molecule has 0 saturated heterocycles. The molecule has 1 rings (SSSR count). The zero-order valence-electron chi connectivity index (χ0n) is 10.3. The number of nitrogens with two attached hydrogens (primary N) is 2. The molecule has 0 radical (unpaired) electrons. The molecule has 100 valence electrons. The van der Waals surface area contributed by atoms with Crippen LogP contribution in [0.2, 0.25) is 0 Å². The Bertz CT molecular complexity index is 558. The van der Waals surface area contributed by atoms with E-state index in [0.717, 1.165) is 0 Å². The number of nitrogens with zero attached hydrogens (tertiary/aromatic N) is 1. The normalized spacial score (nSPS) is 10.6. The Morgan fingerprint density at radius 3 is 2.56 bits per heavy atom. The van der Waals surface area contributed by atoms with Crippen molar-refractivity contribution in [2.45, 2.75) is 20.4 Å². The average molecular weight is 255 g/mol. The number of anilines is 2. The summed E-state index contributed by atoms with van der Waals surface area (Å²) < 4.78 is 1.25. The van der Waals surface area contributed by atoms with E-state index in [0.29, 0.717) is 6.54 Å². The highest BCUT2D eigenvalue weighted by atomic mass is 16.2.